The third kappa shape index (κ3) is 2.69. The first-order valence-electron chi connectivity index (χ1n) is 4.65. The molecule has 0 bridgehead atoms. The zero-order valence-corrected chi connectivity index (χ0v) is 9.51. The largest absolute Gasteiger partial charge is 0.493 e. The number of methoxy groups -OCH3 is 2. The molecule has 0 unspecified atom stereocenters. The van der Waals surface area contributed by atoms with Crippen molar-refractivity contribution in [2.45, 2.75) is 13.1 Å². The molecular weight excluding hydrogens is 237 g/mol. The minimum absolute atomic E-state index is 0.0741. The third-order valence-corrected chi connectivity index (χ3v) is 2.19. The summed E-state index contributed by atoms with van der Waals surface area (Å²) in [5.41, 5.74) is -1.10. The Hall–Kier alpha value is -1.72. The summed E-state index contributed by atoms with van der Waals surface area (Å²) in [5, 5.41) is 0. The standard InChI is InChI=1S/C11H11F3O3/c1-6(15)7-4-8(11(12,13)14)10(17-3)9(5-7)16-2/h4-5H,1-3H3. The average molecular weight is 248 g/mol. The molecule has 0 aliphatic rings. The van der Waals surface area contributed by atoms with E-state index in [9.17, 15) is 18.0 Å². The number of halogens is 3. The van der Waals surface area contributed by atoms with Crippen molar-refractivity contribution >= 4 is 5.78 Å². The predicted octanol–water partition coefficient (Wildman–Crippen LogP) is 2.93. The van der Waals surface area contributed by atoms with Crippen LogP contribution in [0.5, 0.6) is 11.5 Å². The van der Waals surface area contributed by atoms with Crippen LogP contribution < -0.4 is 9.47 Å². The van der Waals surface area contributed by atoms with Crippen molar-refractivity contribution in [1.82, 2.24) is 0 Å². The minimum Gasteiger partial charge on any atom is -0.493 e. The van der Waals surface area contributed by atoms with Gasteiger partial charge in [0.05, 0.1) is 14.2 Å². The highest BCUT2D eigenvalue weighted by molar-refractivity contribution is 5.95. The molecule has 0 fully saturated rings. The lowest BCUT2D eigenvalue weighted by molar-refractivity contribution is -0.138. The molecular formula is C11H11F3O3. The highest BCUT2D eigenvalue weighted by atomic mass is 19.4. The first-order chi connectivity index (χ1) is 7.81. The number of hydrogen-bond acceptors (Lipinski definition) is 3. The molecule has 0 saturated heterocycles. The SMILES string of the molecule is COc1cc(C(C)=O)cc(C(F)(F)F)c1OC. The fourth-order valence-electron chi connectivity index (χ4n) is 1.38. The monoisotopic (exact) mass is 248 g/mol. The van der Waals surface area contributed by atoms with Gasteiger partial charge >= 0.3 is 6.18 Å². The Morgan fingerprint density at radius 1 is 1.18 bits per heavy atom. The van der Waals surface area contributed by atoms with Crippen molar-refractivity contribution in [2.24, 2.45) is 0 Å². The molecule has 0 spiro atoms. The lowest BCUT2D eigenvalue weighted by Crippen LogP contribution is -2.10. The molecule has 1 aromatic carbocycles. The van der Waals surface area contributed by atoms with Crippen molar-refractivity contribution in [2.75, 3.05) is 14.2 Å². The summed E-state index contributed by atoms with van der Waals surface area (Å²) in [6, 6.07) is 1.97. The molecule has 17 heavy (non-hydrogen) atoms. The fraction of sp³-hybridized carbons (Fsp3) is 0.364. The minimum atomic E-state index is -4.61. The Labute approximate surface area is 96.1 Å². The van der Waals surface area contributed by atoms with Crippen LogP contribution >= 0.6 is 0 Å². The number of rotatable bonds is 3. The first kappa shape index (κ1) is 13.3. The number of hydrogen-bond donors (Lipinski definition) is 0. The number of carbonyl (C=O) groups excluding carboxylic acids is 1. The van der Waals surface area contributed by atoms with Crippen molar-refractivity contribution in [1.29, 1.82) is 0 Å². The number of alkyl halides is 3. The van der Waals surface area contributed by atoms with Crippen LogP contribution in [0.2, 0.25) is 0 Å². The summed E-state index contributed by atoms with van der Waals surface area (Å²) in [5.74, 6) is -1.02. The normalized spacial score (nSPS) is 11.2. The Kier molecular flexibility index (Phi) is 3.65. The van der Waals surface area contributed by atoms with Gasteiger partial charge in [0.25, 0.3) is 0 Å². The second-order valence-electron chi connectivity index (χ2n) is 3.31. The molecule has 0 aromatic heterocycles. The molecule has 1 aromatic rings. The van der Waals surface area contributed by atoms with Crippen LogP contribution in [-0.4, -0.2) is 20.0 Å². The molecule has 0 atom stereocenters. The van der Waals surface area contributed by atoms with Gasteiger partial charge in [0.2, 0.25) is 0 Å². The van der Waals surface area contributed by atoms with Crippen LogP contribution in [-0.2, 0) is 6.18 Å². The van der Waals surface area contributed by atoms with Crippen molar-refractivity contribution in [3.05, 3.63) is 23.3 Å². The molecule has 3 nitrogen and oxygen atoms in total. The second kappa shape index (κ2) is 4.65. The summed E-state index contributed by atoms with van der Waals surface area (Å²) < 4.78 is 47.7. The zero-order chi connectivity index (χ0) is 13.2. The molecule has 6 heteroatoms. The van der Waals surface area contributed by atoms with E-state index in [1.54, 1.807) is 0 Å². The summed E-state index contributed by atoms with van der Waals surface area (Å²) in [4.78, 5) is 11.1. The van der Waals surface area contributed by atoms with Gasteiger partial charge in [-0.25, -0.2) is 0 Å². The molecule has 0 aliphatic heterocycles. The predicted molar refractivity (Wildman–Crippen MR) is 54.6 cm³/mol. The lowest BCUT2D eigenvalue weighted by atomic mass is 10.1. The van der Waals surface area contributed by atoms with Gasteiger partial charge in [-0.15, -0.1) is 0 Å². The summed E-state index contributed by atoms with van der Waals surface area (Å²) in [6.45, 7) is 1.18. The summed E-state index contributed by atoms with van der Waals surface area (Å²) >= 11 is 0. The van der Waals surface area contributed by atoms with E-state index in [-0.39, 0.29) is 11.3 Å². The average Bonchev–Trinajstić information content (AvgIpc) is 2.25. The summed E-state index contributed by atoms with van der Waals surface area (Å²) in [7, 11) is 2.32. The molecule has 0 aliphatic carbocycles. The lowest BCUT2D eigenvalue weighted by Gasteiger charge is -2.16. The van der Waals surface area contributed by atoms with Gasteiger partial charge in [-0.05, 0) is 19.1 Å². The van der Waals surface area contributed by atoms with E-state index in [1.807, 2.05) is 0 Å². The van der Waals surface area contributed by atoms with Gasteiger partial charge in [0, 0.05) is 5.56 Å². The Balaban J connectivity index is 3.54. The topological polar surface area (TPSA) is 35.5 Å². The van der Waals surface area contributed by atoms with Crippen LogP contribution in [0.4, 0.5) is 13.2 Å². The maximum atomic E-state index is 12.7. The molecule has 0 heterocycles. The summed E-state index contributed by atoms with van der Waals surface area (Å²) in [6.07, 6.45) is -4.61. The molecule has 94 valence electrons. The third-order valence-electron chi connectivity index (χ3n) is 2.19. The zero-order valence-electron chi connectivity index (χ0n) is 9.51. The van der Waals surface area contributed by atoms with Gasteiger partial charge in [-0.1, -0.05) is 0 Å². The highest BCUT2D eigenvalue weighted by Gasteiger charge is 2.36. The van der Waals surface area contributed by atoms with E-state index in [1.165, 1.54) is 20.1 Å². The van der Waals surface area contributed by atoms with E-state index in [4.69, 9.17) is 4.74 Å². The van der Waals surface area contributed by atoms with Crippen LogP contribution in [0.15, 0.2) is 12.1 Å². The number of ketones is 1. The molecule has 0 N–H and O–H groups in total. The molecule has 0 radical (unpaired) electrons. The van der Waals surface area contributed by atoms with E-state index in [0.717, 1.165) is 13.2 Å². The Morgan fingerprint density at radius 2 is 1.76 bits per heavy atom. The highest BCUT2D eigenvalue weighted by Crippen LogP contribution is 2.42. The van der Waals surface area contributed by atoms with Gasteiger partial charge in [0.15, 0.2) is 17.3 Å². The number of Topliss-reactive ketones (excluding diaryl/α,β-unsaturated/α-hetero) is 1. The number of ether oxygens (including phenoxy) is 2. The van der Waals surface area contributed by atoms with E-state index < -0.39 is 23.3 Å². The molecule has 0 amide bonds. The van der Waals surface area contributed by atoms with E-state index in [0.29, 0.717) is 0 Å². The van der Waals surface area contributed by atoms with Crippen LogP contribution in [0, 0.1) is 0 Å². The Bertz CT molecular complexity index is 438. The maximum absolute atomic E-state index is 12.7. The van der Waals surface area contributed by atoms with Gasteiger partial charge in [-0.3, -0.25) is 4.79 Å². The molecule has 0 saturated carbocycles. The van der Waals surface area contributed by atoms with Crippen molar-refractivity contribution in [3.8, 4) is 11.5 Å². The van der Waals surface area contributed by atoms with Crippen LogP contribution in [0.25, 0.3) is 0 Å². The fourth-order valence-corrected chi connectivity index (χ4v) is 1.38. The van der Waals surface area contributed by atoms with Gasteiger partial charge < -0.3 is 9.47 Å². The Morgan fingerprint density at radius 3 is 2.12 bits per heavy atom. The van der Waals surface area contributed by atoms with E-state index in [2.05, 4.69) is 4.74 Å². The number of carbonyl (C=O) groups is 1. The quantitative estimate of drug-likeness (QED) is 0.771. The van der Waals surface area contributed by atoms with E-state index >= 15 is 0 Å². The van der Waals surface area contributed by atoms with Crippen molar-refractivity contribution < 1.29 is 27.4 Å². The van der Waals surface area contributed by atoms with Crippen LogP contribution in [0.3, 0.4) is 0 Å². The second-order valence-corrected chi connectivity index (χ2v) is 3.31. The maximum Gasteiger partial charge on any atom is 0.420 e. The van der Waals surface area contributed by atoms with Crippen LogP contribution in [0.1, 0.15) is 22.8 Å². The van der Waals surface area contributed by atoms with Gasteiger partial charge in [0.1, 0.15) is 5.56 Å². The molecule has 1 rings (SSSR count). The number of benzene rings is 1. The smallest absolute Gasteiger partial charge is 0.420 e. The van der Waals surface area contributed by atoms with Crippen molar-refractivity contribution in [3.63, 3.8) is 0 Å². The van der Waals surface area contributed by atoms with Gasteiger partial charge in [-0.2, -0.15) is 13.2 Å². The first-order valence-corrected chi connectivity index (χ1v) is 4.65.